The van der Waals surface area contributed by atoms with Gasteiger partial charge in [-0.05, 0) is 37.6 Å². The highest BCUT2D eigenvalue weighted by molar-refractivity contribution is 8.00. The number of nitrogens with one attached hydrogen (secondary N) is 2. The Hall–Kier alpha value is -1.79. The molecule has 2 rings (SSSR count). The number of carbonyl (C=O) groups is 2. The third-order valence-corrected chi connectivity index (χ3v) is 7.36. The molecule has 2 amide bonds. The second-order valence-electron chi connectivity index (χ2n) is 6.55. The minimum atomic E-state index is -4.54. The van der Waals surface area contributed by atoms with Crippen molar-refractivity contribution in [2.75, 3.05) is 18.2 Å². The van der Waals surface area contributed by atoms with Crippen molar-refractivity contribution in [2.24, 2.45) is 0 Å². The first-order valence-corrected chi connectivity index (χ1v) is 11.4. The number of rotatable bonds is 7. The maximum absolute atomic E-state index is 12.9. The summed E-state index contributed by atoms with van der Waals surface area (Å²) in [6.45, 7) is 2.24. The van der Waals surface area contributed by atoms with Crippen LogP contribution in [0.15, 0.2) is 29.2 Å². The van der Waals surface area contributed by atoms with Crippen LogP contribution < -0.4 is 10.6 Å². The number of benzene rings is 1. The first-order valence-electron chi connectivity index (χ1n) is 8.80. The number of amides is 2. The van der Waals surface area contributed by atoms with Gasteiger partial charge in [-0.1, -0.05) is 6.92 Å². The van der Waals surface area contributed by atoms with E-state index in [2.05, 4.69) is 5.32 Å². The lowest BCUT2D eigenvalue weighted by atomic mass is 10.2. The van der Waals surface area contributed by atoms with Gasteiger partial charge in [-0.25, -0.2) is 8.42 Å². The highest BCUT2D eigenvalue weighted by Gasteiger charge is 2.40. The van der Waals surface area contributed by atoms with Crippen molar-refractivity contribution in [3.05, 3.63) is 29.8 Å². The third kappa shape index (κ3) is 6.09. The lowest BCUT2D eigenvalue weighted by Crippen LogP contribution is -2.49. The quantitative estimate of drug-likeness (QED) is 0.658. The fourth-order valence-electron chi connectivity index (χ4n) is 2.51. The largest absolute Gasteiger partial charge is 0.405 e. The molecule has 1 heterocycles. The molecule has 12 heteroatoms. The normalized spacial score (nSPS) is 19.0. The zero-order valence-corrected chi connectivity index (χ0v) is 17.5. The summed E-state index contributed by atoms with van der Waals surface area (Å²) < 4.78 is 63.5. The van der Waals surface area contributed by atoms with E-state index in [1.165, 1.54) is 11.8 Å². The van der Waals surface area contributed by atoms with Gasteiger partial charge in [-0.3, -0.25) is 9.59 Å². The molecule has 1 aromatic carbocycles. The van der Waals surface area contributed by atoms with E-state index >= 15 is 0 Å². The molecular weight excluding hydrogens is 431 g/mol. The smallest absolute Gasteiger partial charge is 0.352 e. The Morgan fingerprint density at radius 3 is 2.45 bits per heavy atom. The predicted octanol–water partition coefficient (Wildman–Crippen LogP) is 1.96. The Balaban J connectivity index is 2.14. The zero-order chi connectivity index (χ0) is 21.8. The second kappa shape index (κ2) is 9.35. The Bertz CT molecular complexity index is 844. The summed E-state index contributed by atoms with van der Waals surface area (Å²) in [6.07, 6.45) is -3.84. The molecule has 1 fully saturated rings. The number of hydrogen-bond acceptors (Lipinski definition) is 5. The molecule has 1 aromatic rings. The van der Waals surface area contributed by atoms with Crippen molar-refractivity contribution in [1.29, 1.82) is 0 Å². The molecule has 0 saturated carbocycles. The van der Waals surface area contributed by atoms with Crippen molar-refractivity contribution in [2.45, 2.75) is 43.4 Å². The fourth-order valence-corrected chi connectivity index (χ4v) is 5.66. The minimum absolute atomic E-state index is 0.0906. The van der Waals surface area contributed by atoms with E-state index in [1.54, 1.807) is 5.32 Å². The molecular formula is C17H22F3N3O4S2. The maximum Gasteiger partial charge on any atom is 0.405 e. The summed E-state index contributed by atoms with van der Waals surface area (Å²) in [5.41, 5.74) is -0.102. The number of sulfonamides is 1. The van der Waals surface area contributed by atoms with E-state index in [0.717, 1.165) is 28.6 Å². The number of carbonyl (C=O) groups excluding carboxylic acids is 2. The fraction of sp³-hybridized carbons (Fsp3) is 0.529. The SMILES string of the molecule is CCC(C)NC(=O)C1CSCN1S(=O)(=O)c1ccc(C(=O)NCC(F)(F)F)cc1. The first kappa shape index (κ1) is 23.5. The van der Waals surface area contributed by atoms with Crippen LogP contribution in [-0.2, 0) is 14.8 Å². The van der Waals surface area contributed by atoms with Crippen LogP contribution in [-0.4, -0.2) is 61.0 Å². The van der Waals surface area contributed by atoms with Gasteiger partial charge in [0, 0.05) is 17.4 Å². The summed E-state index contributed by atoms with van der Waals surface area (Å²) in [6, 6.07) is 3.61. The van der Waals surface area contributed by atoms with Crippen molar-refractivity contribution in [3.8, 4) is 0 Å². The molecule has 2 unspecified atom stereocenters. The molecule has 162 valence electrons. The van der Waals surface area contributed by atoms with Gasteiger partial charge in [0.2, 0.25) is 15.9 Å². The number of thioether (sulfide) groups is 1. The third-order valence-electron chi connectivity index (χ3n) is 4.32. The minimum Gasteiger partial charge on any atom is -0.352 e. The van der Waals surface area contributed by atoms with Gasteiger partial charge in [0.15, 0.2) is 0 Å². The first-order chi connectivity index (χ1) is 13.5. The van der Waals surface area contributed by atoms with E-state index in [4.69, 9.17) is 0 Å². The van der Waals surface area contributed by atoms with Gasteiger partial charge in [0.1, 0.15) is 12.6 Å². The van der Waals surface area contributed by atoms with Crippen LogP contribution in [0.1, 0.15) is 30.6 Å². The summed E-state index contributed by atoms with van der Waals surface area (Å²) >= 11 is 1.31. The van der Waals surface area contributed by atoms with Gasteiger partial charge in [-0.15, -0.1) is 11.8 Å². The Morgan fingerprint density at radius 1 is 1.28 bits per heavy atom. The highest BCUT2D eigenvalue weighted by atomic mass is 32.2. The number of nitrogens with zero attached hydrogens (tertiary/aromatic N) is 1. The van der Waals surface area contributed by atoms with Crippen molar-refractivity contribution in [3.63, 3.8) is 0 Å². The van der Waals surface area contributed by atoms with Crippen molar-refractivity contribution >= 4 is 33.6 Å². The summed E-state index contributed by atoms with van der Waals surface area (Å²) in [5, 5.41) is 4.49. The molecule has 1 aliphatic rings. The molecule has 7 nitrogen and oxygen atoms in total. The number of alkyl halides is 3. The molecule has 0 radical (unpaired) electrons. The molecule has 2 N–H and O–H groups in total. The standard InChI is InChI=1S/C17H22F3N3O4S2/c1-3-11(2)22-16(25)14-8-28-10-23(14)29(26,27)13-6-4-12(5-7-13)15(24)21-9-17(18,19)20/h4-7,11,14H,3,8-10H2,1-2H3,(H,21,24)(H,22,25). The summed E-state index contributed by atoms with van der Waals surface area (Å²) in [5.74, 6) is -0.918. The van der Waals surface area contributed by atoms with E-state index < -0.39 is 34.7 Å². The Morgan fingerprint density at radius 2 is 1.90 bits per heavy atom. The lowest BCUT2D eigenvalue weighted by Gasteiger charge is -2.24. The lowest BCUT2D eigenvalue weighted by molar-refractivity contribution is -0.124. The van der Waals surface area contributed by atoms with Crippen LogP contribution in [0.25, 0.3) is 0 Å². The molecule has 0 spiro atoms. The molecule has 29 heavy (non-hydrogen) atoms. The van der Waals surface area contributed by atoms with E-state index in [1.807, 2.05) is 13.8 Å². The number of hydrogen-bond donors (Lipinski definition) is 2. The molecule has 0 aromatic heterocycles. The second-order valence-corrected chi connectivity index (χ2v) is 9.44. The van der Waals surface area contributed by atoms with Crippen molar-refractivity contribution in [1.82, 2.24) is 14.9 Å². The Labute approximate surface area is 171 Å². The molecule has 1 saturated heterocycles. The van der Waals surface area contributed by atoms with E-state index in [-0.39, 0.29) is 28.3 Å². The van der Waals surface area contributed by atoms with Gasteiger partial charge < -0.3 is 10.6 Å². The average molecular weight is 454 g/mol. The van der Waals surface area contributed by atoms with Gasteiger partial charge in [0.05, 0.1) is 10.8 Å². The van der Waals surface area contributed by atoms with Gasteiger partial charge >= 0.3 is 6.18 Å². The molecule has 2 atom stereocenters. The average Bonchev–Trinajstić information content (AvgIpc) is 3.16. The topological polar surface area (TPSA) is 95.6 Å². The van der Waals surface area contributed by atoms with Crippen LogP contribution in [0.5, 0.6) is 0 Å². The molecule has 0 bridgehead atoms. The predicted molar refractivity (Wildman–Crippen MR) is 103 cm³/mol. The van der Waals surface area contributed by atoms with Crippen LogP contribution in [0, 0.1) is 0 Å². The van der Waals surface area contributed by atoms with Crippen LogP contribution in [0.3, 0.4) is 0 Å². The van der Waals surface area contributed by atoms with Crippen molar-refractivity contribution < 1.29 is 31.2 Å². The zero-order valence-electron chi connectivity index (χ0n) is 15.8. The Kier molecular flexibility index (Phi) is 7.57. The highest BCUT2D eigenvalue weighted by Crippen LogP contribution is 2.28. The van der Waals surface area contributed by atoms with E-state index in [0.29, 0.717) is 12.2 Å². The van der Waals surface area contributed by atoms with Crippen LogP contribution in [0.2, 0.25) is 0 Å². The molecule has 1 aliphatic heterocycles. The summed E-state index contributed by atoms with van der Waals surface area (Å²) in [7, 11) is -4.01. The van der Waals surface area contributed by atoms with E-state index in [9.17, 15) is 31.2 Å². The maximum atomic E-state index is 12.9. The van der Waals surface area contributed by atoms with Gasteiger partial charge in [0.25, 0.3) is 5.91 Å². The van der Waals surface area contributed by atoms with Crippen LogP contribution >= 0.6 is 11.8 Å². The number of halogens is 3. The van der Waals surface area contributed by atoms with Crippen LogP contribution in [0.4, 0.5) is 13.2 Å². The monoisotopic (exact) mass is 453 g/mol. The summed E-state index contributed by atoms with van der Waals surface area (Å²) in [4.78, 5) is 24.0. The van der Waals surface area contributed by atoms with Gasteiger partial charge in [-0.2, -0.15) is 17.5 Å². The molecule has 0 aliphatic carbocycles.